The van der Waals surface area contributed by atoms with Crippen molar-refractivity contribution in [3.8, 4) is 11.8 Å². The summed E-state index contributed by atoms with van der Waals surface area (Å²) in [5.74, 6) is 0.100. The van der Waals surface area contributed by atoms with E-state index in [4.69, 9.17) is 5.26 Å². The van der Waals surface area contributed by atoms with Gasteiger partial charge in [0.25, 0.3) is 0 Å². The van der Waals surface area contributed by atoms with Crippen molar-refractivity contribution < 1.29 is 5.11 Å². The molecule has 2 nitrogen and oxygen atoms in total. The van der Waals surface area contributed by atoms with E-state index in [9.17, 15) is 5.11 Å². The van der Waals surface area contributed by atoms with Crippen molar-refractivity contribution in [3.05, 3.63) is 27.7 Å². The van der Waals surface area contributed by atoms with Gasteiger partial charge in [-0.1, -0.05) is 22.9 Å². The standard InChI is InChI=1S/C9H8BrNO/c1-2-6-3-8(10)4-7(5-11)9(6)12/h3-4,12H,2H2,1H3. The third-order valence-electron chi connectivity index (χ3n) is 1.65. The Bertz CT molecular complexity index is 341. The van der Waals surface area contributed by atoms with Crippen LogP contribution in [-0.4, -0.2) is 5.11 Å². The molecule has 0 amide bonds. The van der Waals surface area contributed by atoms with Crippen LogP contribution in [0.5, 0.6) is 5.75 Å². The Morgan fingerprint density at radius 3 is 2.75 bits per heavy atom. The lowest BCUT2D eigenvalue weighted by atomic mass is 10.1. The van der Waals surface area contributed by atoms with Gasteiger partial charge in [-0.2, -0.15) is 5.26 Å². The Hall–Kier alpha value is -1.01. The quantitative estimate of drug-likeness (QED) is 0.799. The van der Waals surface area contributed by atoms with Crippen LogP contribution in [0.1, 0.15) is 18.1 Å². The van der Waals surface area contributed by atoms with Crippen LogP contribution in [0.2, 0.25) is 0 Å². The summed E-state index contributed by atoms with van der Waals surface area (Å²) in [5.41, 5.74) is 1.11. The van der Waals surface area contributed by atoms with E-state index >= 15 is 0 Å². The van der Waals surface area contributed by atoms with Crippen LogP contribution in [-0.2, 0) is 6.42 Å². The molecular formula is C9H8BrNO. The van der Waals surface area contributed by atoms with Gasteiger partial charge >= 0.3 is 0 Å². The van der Waals surface area contributed by atoms with Crippen LogP contribution in [0, 0.1) is 11.3 Å². The number of halogens is 1. The van der Waals surface area contributed by atoms with Crippen LogP contribution in [0.4, 0.5) is 0 Å². The van der Waals surface area contributed by atoms with Gasteiger partial charge in [0.15, 0.2) is 0 Å². The molecule has 0 spiro atoms. The Balaban J connectivity index is 3.34. The molecule has 0 fully saturated rings. The van der Waals surface area contributed by atoms with Gasteiger partial charge in [0.2, 0.25) is 0 Å². The average Bonchev–Trinajstić information content (AvgIpc) is 2.08. The fourth-order valence-corrected chi connectivity index (χ4v) is 1.52. The summed E-state index contributed by atoms with van der Waals surface area (Å²) < 4.78 is 0.828. The molecule has 3 heteroatoms. The Morgan fingerprint density at radius 2 is 2.25 bits per heavy atom. The maximum absolute atomic E-state index is 9.47. The molecule has 0 aliphatic heterocycles. The van der Waals surface area contributed by atoms with Gasteiger partial charge in [-0.05, 0) is 24.1 Å². The van der Waals surface area contributed by atoms with Crippen molar-refractivity contribution in [1.29, 1.82) is 5.26 Å². The van der Waals surface area contributed by atoms with Gasteiger partial charge in [0, 0.05) is 4.47 Å². The van der Waals surface area contributed by atoms with E-state index in [0.717, 1.165) is 16.5 Å². The second-order valence-corrected chi connectivity index (χ2v) is 3.34. The maximum atomic E-state index is 9.47. The number of aromatic hydroxyl groups is 1. The van der Waals surface area contributed by atoms with Gasteiger partial charge in [-0.15, -0.1) is 0 Å². The SMILES string of the molecule is CCc1cc(Br)cc(C#N)c1O. The maximum Gasteiger partial charge on any atom is 0.136 e. The van der Waals surface area contributed by atoms with Crippen molar-refractivity contribution in [1.82, 2.24) is 0 Å². The highest BCUT2D eigenvalue weighted by Gasteiger charge is 2.06. The highest BCUT2D eigenvalue weighted by atomic mass is 79.9. The Morgan fingerprint density at radius 1 is 1.58 bits per heavy atom. The van der Waals surface area contributed by atoms with E-state index in [0.29, 0.717) is 5.56 Å². The Kier molecular flexibility index (Phi) is 2.72. The van der Waals surface area contributed by atoms with Crippen molar-refractivity contribution in [3.63, 3.8) is 0 Å². The normalized spacial score (nSPS) is 9.42. The summed E-state index contributed by atoms with van der Waals surface area (Å²) in [7, 11) is 0. The van der Waals surface area contributed by atoms with Crippen molar-refractivity contribution in [2.75, 3.05) is 0 Å². The molecular weight excluding hydrogens is 218 g/mol. The molecule has 12 heavy (non-hydrogen) atoms. The third kappa shape index (κ3) is 1.59. The van der Waals surface area contributed by atoms with Gasteiger partial charge in [0.05, 0.1) is 5.56 Å². The van der Waals surface area contributed by atoms with E-state index in [1.165, 1.54) is 0 Å². The van der Waals surface area contributed by atoms with Crippen molar-refractivity contribution >= 4 is 15.9 Å². The number of phenolic OH excluding ortho intramolecular Hbond substituents is 1. The fourth-order valence-electron chi connectivity index (χ4n) is 1.01. The number of benzene rings is 1. The van der Waals surface area contributed by atoms with Gasteiger partial charge < -0.3 is 5.11 Å². The molecule has 62 valence electrons. The minimum absolute atomic E-state index is 0.100. The molecule has 0 radical (unpaired) electrons. The van der Waals surface area contributed by atoms with Gasteiger partial charge in [0.1, 0.15) is 11.8 Å². The predicted octanol–water partition coefficient (Wildman–Crippen LogP) is 2.59. The molecule has 0 saturated heterocycles. The number of phenols is 1. The summed E-state index contributed by atoms with van der Waals surface area (Å²) in [6.07, 6.45) is 0.722. The third-order valence-corrected chi connectivity index (χ3v) is 2.11. The van der Waals surface area contributed by atoms with Crippen LogP contribution in [0.3, 0.4) is 0 Å². The number of nitrogens with zero attached hydrogens (tertiary/aromatic N) is 1. The van der Waals surface area contributed by atoms with E-state index in [1.807, 2.05) is 19.1 Å². The second-order valence-electron chi connectivity index (χ2n) is 2.43. The van der Waals surface area contributed by atoms with Gasteiger partial charge in [-0.25, -0.2) is 0 Å². The zero-order valence-corrected chi connectivity index (χ0v) is 8.22. The van der Waals surface area contributed by atoms with Crippen LogP contribution < -0.4 is 0 Å². The number of hydrogen-bond acceptors (Lipinski definition) is 2. The number of hydrogen-bond donors (Lipinski definition) is 1. The molecule has 0 heterocycles. The van der Waals surface area contributed by atoms with E-state index in [2.05, 4.69) is 15.9 Å². The molecule has 0 aliphatic carbocycles. The molecule has 0 bridgehead atoms. The minimum atomic E-state index is 0.100. The van der Waals surface area contributed by atoms with E-state index < -0.39 is 0 Å². The summed E-state index contributed by atoms with van der Waals surface area (Å²) in [5, 5.41) is 18.1. The minimum Gasteiger partial charge on any atom is -0.506 e. The molecule has 1 aromatic rings. The average molecular weight is 226 g/mol. The topological polar surface area (TPSA) is 44.0 Å². The first-order valence-corrected chi connectivity index (χ1v) is 4.39. The first-order valence-electron chi connectivity index (χ1n) is 3.60. The largest absolute Gasteiger partial charge is 0.506 e. The van der Waals surface area contributed by atoms with E-state index in [1.54, 1.807) is 6.07 Å². The summed E-state index contributed by atoms with van der Waals surface area (Å²) in [6.45, 7) is 1.93. The number of nitriles is 1. The number of aryl methyl sites for hydroxylation is 1. The lowest BCUT2D eigenvalue weighted by molar-refractivity contribution is 0.467. The highest BCUT2D eigenvalue weighted by Crippen LogP contribution is 2.26. The first kappa shape index (κ1) is 9.08. The molecule has 1 rings (SSSR count). The molecule has 0 aliphatic rings. The zero-order chi connectivity index (χ0) is 9.14. The lowest BCUT2D eigenvalue weighted by Gasteiger charge is -2.03. The zero-order valence-electron chi connectivity index (χ0n) is 6.63. The molecule has 0 atom stereocenters. The first-order chi connectivity index (χ1) is 5.69. The van der Waals surface area contributed by atoms with Crippen molar-refractivity contribution in [2.24, 2.45) is 0 Å². The van der Waals surface area contributed by atoms with Crippen LogP contribution >= 0.6 is 15.9 Å². The highest BCUT2D eigenvalue weighted by molar-refractivity contribution is 9.10. The molecule has 1 N–H and O–H groups in total. The molecule has 0 unspecified atom stereocenters. The fraction of sp³-hybridized carbons (Fsp3) is 0.222. The molecule has 0 aromatic heterocycles. The van der Waals surface area contributed by atoms with Gasteiger partial charge in [-0.3, -0.25) is 0 Å². The summed E-state index contributed by atoms with van der Waals surface area (Å²) in [4.78, 5) is 0. The van der Waals surface area contributed by atoms with Crippen LogP contribution in [0.15, 0.2) is 16.6 Å². The van der Waals surface area contributed by atoms with Crippen molar-refractivity contribution in [2.45, 2.75) is 13.3 Å². The van der Waals surface area contributed by atoms with E-state index in [-0.39, 0.29) is 5.75 Å². The summed E-state index contributed by atoms with van der Waals surface area (Å²) in [6, 6.07) is 5.35. The Labute approximate surface area is 79.6 Å². The molecule has 0 saturated carbocycles. The number of rotatable bonds is 1. The smallest absolute Gasteiger partial charge is 0.136 e. The lowest BCUT2D eigenvalue weighted by Crippen LogP contribution is -1.85. The molecule has 1 aromatic carbocycles. The monoisotopic (exact) mass is 225 g/mol. The van der Waals surface area contributed by atoms with Crippen LogP contribution in [0.25, 0.3) is 0 Å². The predicted molar refractivity (Wildman–Crippen MR) is 49.9 cm³/mol. The summed E-state index contributed by atoms with van der Waals surface area (Å²) >= 11 is 3.27. The second kappa shape index (κ2) is 3.59.